The number of amides is 1. The summed E-state index contributed by atoms with van der Waals surface area (Å²) in [4.78, 5) is 31.7. The van der Waals surface area contributed by atoms with Crippen LogP contribution in [0.5, 0.6) is 0 Å². The Morgan fingerprint density at radius 3 is 2.64 bits per heavy atom. The Morgan fingerprint density at radius 1 is 1.18 bits per heavy atom. The van der Waals surface area contributed by atoms with Gasteiger partial charge in [0.05, 0.1) is 17.6 Å². The van der Waals surface area contributed by atoms with Crippen molar-refractivity contribution < 1.29 is 4.79 Å². The second kappa shape index (κ2) is 6.76. The first kappa shape index (κ1) is 17.7. The number of benzene rings is 1. The zero-order valence-corrected chi connectivity index (χ0v) is 15.7. The van der Waals surface area contributed by atoms with E-state index < -0.39 is 0 Å². The minimum absolute atomic E-state index is 0.158. The minimum atomic E-state index is -0.334. The fourth-order valence-corrected chi connectivity index (χ4v) is 2.86. The van der Waals surface area contributed by atoms with Crippen molar-refractivity contribution in [2.45, 2.75) is 27.2 Å². The van der Waals surface area contributed by atoms with Crippen LogP contribution in [-0.4, -0.2) is 35.4 Å². The number of H-pyrrole nitrogens is 1. The summed E-state index contributed by atoms with van der Waals surface area (Å²) in [6.07, 6.45) is 1.81. The fourth-order valence-electron chi connectivity index (χ4n) is 2.86. The third-order valence-electron chi connectivity index (χ3n) is 4.32. The molecule has 1 aromatic carbocycles. The molecule has 0 fully saturated rings. The van der Waals surface area contributed by atoms with Crippen LogP contribution in [0.15, 0.2) is 41.3 Å². The average molecular weight is 377 g/mol. The highest BCUT2D eigenvalue weighted by atomic mass is 16.1. The van der Waals surface area contributed by atoms with Gasteiger partial charge < -0.3 is 5.32 Å². The second-order valence-electron chi connectivity index (χ2n) is 6.50. The van der Waals surface area contributed by atoms with Crippen LogP contribution in [0, 0.1) is 13.8 Å². The molecular formula is C19H19N7O2. The van der Waals surface area contributed by atoms with E-state index in [-0.39, 0.29) is 17.4 Å². The summed E-state index contributed by atoms with van der Waals surface area (Å²) < 4.78 is 3.02. The Hall–Kier alpha value is -3.75. The molecule has 0 aliphatic rings. The summed E-state index contributed by atoms with van der Waals surface area (Å²) in [6, 6.07) is 9.47. The molecule has 3 aromatic heterocycles. The number of nitrogens with zero attached hydrogens (tertiary/aromatic N) is 5. The molecule has 0 bridgehead atoms. The van der Waals surface area contributed by atoms with E-state index in [1.54, 1.807) is 24.6 Å². The minimum Gasteiger partial charge on any atom is -0.310 e. The van der Waals surface area contributed by atoms with Gasteiger partial charge in [0, 0.05) is 12.5 Å². The van der Waals surface area contributed by atoms with Crippen LogP contribution in [0.4, 0.5) is 5.82 Å². The van der Waals surface area contributed by atoms with E-state index >= 15 is 0 Å². The predicted octanol–water partition coefficient (Wildman–Crippen LogP) is 2.26. The molecule has 1 amide bonds. The molecule has 3 heterocycles. The number of aromatic nitrogens is 6. The third kappa shape index (κ3) is 3.07. The van der Waals surface area contributed by atoms with Crippen LogP contribution in [0.3, 0.4) is 0 Å². The highest BCUT2D eigenvalue weighted by Gasteiger charge is 2.16. The van der Waals surface area contributed by atoms with Gasteiger partial charge in [-0.05, 0) is 26.0 Å². The Balaban J connectivity index is 1.88. The highest BCUT2D eigenvalue weighted by Crippen LogP contribution is 2.18. The molecule has 2 N–H and O–H groups in total. The lowest BCUT2D eigenvalue weighted by Gasteiger charge is -2.08. The van der Waals surface area contributed by atoms with Crippen molar-refractivity contribution in [1.29, 1.82) is 0 Å². The van der Waals surface area contributed by atoms with Gasteiger partial charge in [0.15, 0.2) is 5.65 Å². The molecular weight excluding hydrogens is 358 g/mol. The molecule has 142 valence electrons. The average Bonchev–Trinajstić information content (AvgIpc) is 3.26. The van der Waals surface area contributed by atoms with Crippen LogP contribution >= 0.6 is 0 Å². The predicted molar refractivity (Wildman–Crippen MR) is 105 cm³/mol. The smallest absolute Gasteiger partial charge is 0.263 e. The van der Waals surface area contributed by atoms with Crippen molar-refractivity contribution >= 4 is 22.8 Å². The van der Waals surface area contributed by atoms with E-state index in [1.807, 2.05) is 31.2 Å². The van der Waals surface area contributed by atoms with Crippen LogP contribution < -0.4 is 10.9 Å². The van der Waals surface area contributed by atoms with Crippen LogP contribution in [0.2, 0.25) is 0 Å². The molecule has 0 aliphatic heterocycles. The molecule has 0 radical (unpaired) electrons. The molecule has 0 aliphatic carbocycles. The lowest BCUT2D eigenvalue weighted by Crippen LogP contribution is -2.18. The van der Waals surface area contributed by atoms with Gasteiger partial charge in [0.25, 0.3) is 5.56 Å². The number of nitrogens with one attached hydrogen (secondary N) is 2. The summed E-state index contributed by atoms with van der Waals surface area (Å²) in [7, 11) is 0. The third-order valence-corrected chi connectivity index (χ3v) is 4.32. The highest BCUT2D eigenvalue weighted by molar-refractivity contribution is 5.90. The van der Waals surface area contributed by atoms with E-state index in [4.69, 9.17) is 0 Å². The van der Waals surface area contributed by atoms with Crippen LogP contribution in [0.25, 0.3) is 22.7 Å². The van der Waals surface area contributed by atoms with E-state index in [0.717, 1.165) is 11.3 Å². The van der Waals surface area contributed by atoms with Crippen LogP contribution in [-0.2, 0) is 4.79 Å². The van der Waals surface area contributed by atoms with E-state index in [0.29, 0.717) is 29.0 Å². The second-order valence-corrected chi connectivity index (χ2v) is 6.50. The number of hydrogen-bond donors (Lipinski definition) is 2. The summed E-state index contributed by atoms with van der Waals surface area (Å²) in [5.41, 5.74) is 2.67. The summed E-state index contributed by atoms with van der Waals surface area (Å²) in [5, 5.41) is 11.8. The molecule has 28 heavy (non-hydrogen) atoms. The van der Waals surface area contributed by atoms with Gasteiger partial charge in [0.2, 0.25) is 11.9 Å². The monoisotopic (exact) mass is 377 g/mol. The maximum Gasteiger partial charge on any atom is 0.263 e. The number of anilines is 1. The fraction of sp³-hybridized carbons (Fsp3) is 0.211. The van der Waals surface area contributed by atoms with Gasteiger partial charge in [-0.3, -0.25) is 14.6 Å². The first-order chi connectivity index (χ1) is 13.5. The molecule has 0 saturated heterocycles. The lowest BCUT2D eigenvalue weighted by atomic mass is 10.2. The van der Waals surface area contributed by atoms with Crippen molar-refractivity contribution in [2.24, 2.45) is 0 Å². The number of rotatable bonds is 4. The number of carbonyl (C=O) groups is 1. The first-order valence-corrected chi connectivity index (χ1v) is 8.88. The Morgan fingerprint density at radius 2 is 1.93 bits per heavy atom. The van der Waals surface area contributed by atoms with Crippen molar-refractivity contribution in [1.82, 2.24) is 29.5 Å². The zero-order chi connectivity index (χ0) is 19.8. The van der Waals surface area contributed by atoms with Crippen molar-refractivity contribution in [2.75, 3.05) is 5.32 Å². The Kier molecular flexibility index (Phi) is 4.26. The molecule has 4 aromatic rings. The van der Waals surface area contributed by atoms with Gasteiger partial charge in [-0.25, -0.2) is 4.68 Å². The molecule has 9 heteroatoms. The van der Waals surface area contributed by atoms with Crippen molar-refractivity contribution in [3.05, 3.63) is 58.1 Å². The quantitative estimate of drug-likeness (QED) is 0.567. The number of hydrogen-bond acceptors (Lipinski definition) is 5. The number of carbonyl (C=O) groups excluding carboxylic acids is 1. The van der Waals surface area contributed by atoms with E-state index in [2.05, 4.69) is 25.5 Å². The number of aromatic amines is 1. The summed E-state index contributed by atoms with van der Waals surface area (Å²) >= 11 is 0. The molecule has 0 unspecified atom stereocenters. The molecule has 0 atom stereocenters. The largest absolute Gasteiger partial charge is 0.310 e. The van der Waals surface area contributed by atoms with Gasteiger partial charge in [-0.15, -0.1) is 0 Å². The standard InChI is InChI=1S/C19H19N7O2/c1-4-16(27)21-15-9-12(3)24-26(15)19-22-17-14(18(28)23-19)10-20-25(17)13-7-5-11(2)6-8-13/h5-10H,4H2,1-3H3,(H,21,27)(H,22,23,28). The normalized spacial score (nSPS) is 11.1. The van der Waals surface area contributed by atoms with Crippen molar-refractivity contribution in [3.8, 4) is 11.6 Å². The first-order valence-electron chi connectivity index (χ1n) is 8.88. The van der Waals surface area contributed by atoms with E-state index in [9.17, 15) is 9.59 Å². The van der Waals surface area contributed by atoms with E-state index in [1.165, 1.54) is 10.9 Å². The maximum atomic E-state index is 12.6. The topological polar surface area (TPSA) is 110 Å². The molecule has 0 spiro atoms. The van der Waals surface area contributed by atoms with Crippen LogP contribution in [0.1, 0.15) is 24.6 Å². The Labute approximate surface area is 160 Å². The SMILES string of the molecule is CCC(=O)Nc1cc(C)nn1-c1nc2c(cnn2-c2ccc(C)cc2)c(=O)[nH]1. The van der Waals surface area contributed by atoms with Gasteiger partial charge in [-0.1, -0.05) is 24.6 Å². The lowest BCUT2D eigenvalue weighted by molar-refractivity contribution is -0.115. The summed E-state index contributed by atoms with van der Waals surface area (Å²) in [6.45, 7) is 5.55. The number of aryl methyl sites for hydroxylation is 2. The van der Waals surface area contributed by atoms with Crippen molar-refractivity contribution in [3.63, 3.8) is 0 Å². The molecule has 0 saturated carbocycles. The molecule has 9 nitrogen and oxygen atoms in total. The number of fused-ring (bicyclic) bond motifs is 1. The molecule has 4 rings (SSSR count). The Bertz CT molecular complexity index is 1230. The summed E-state index contributed by atoms with van der Waals surface area (Å²) in [5.74, 6) is 0.480. The van der Waals surface area contributed by atoms with Gasteiger partial charge in [-0.2, -0.15) is 19.9 Å². The van der Waals surface area contributed by atoms with Gasteiger partial charge in [0.1, 0.15) is 11.2 Å². The zero-order valence-electron chi connectivity index (χ0n) is 15.7. The maximum absolute atomic E-state index is 12.6. The van der Waals surface area contributed by atoms with Gasteiger partial charge >= 0.3 is 0 Å².